The minimum Gasteiger partial charge on any atom is -0.435 e. The predicted octanol–water partition coefficient (Wildman–Crippen LogP) is 4.09. The van der Waals surface area contributed by atoms with Crippen LogP contribution in [-0.2, 0) is 0 Å². The molecule has 122 valence electrons. The van der Waals surface area contributed by atoms with Crippen LogP contribution in [0.2, 0.25) is 0 Å². The van der Waals surface area contributed by atoms with E-state index in [-0.39, 0.29) is 5.75 Å². The number of nitrogens with zero attached hydrogens (tertiary/aromatic N) is 3. The van der Waals surface area contributed by atoms with Gasteiger partial charge >= 0.3 is 6.61 Å². The molecule has 0 saturated carbocycles. The number of hydrogen-bond acceptors (Lipinski definition) is 4. The Labute approximate surface area is 141 Å². The topological polar surface area (TPSA) is 55.2 Å². The molecular formula is C16H12F2N4OS. The van der Waals surface area contributed by atoms with E-state index >= 15 is 0 Å². The summed E-state index contributed by atoms with van der Waals surface area (Å²) in [4.78, 5) is 0. The third-order valence-electron chi connectivity index (χ3n) is 3.11. The summed E-state index contributed by atoms with van der Waals surface area (Å²) in [7, 11) is 0. The summed E-state index contributed by atoms with van der Waals surface area (Å²) < 4.78 is 30.5. The van der Waals surface area contributed by atoms with Gasteiger partial charge in [0.25, 0.3) is 0 Å². The molecule has 3 aromatic rings. The molecule has 0 atom stereocenters. The van der Waals surface area contributed by atoms with Gasteiger partial charge in [-0.25, -0.2) is 5.10 Å². The maximum Gasteiger partial charge on any atom is 0.387 e. The number of nitrogens with one attached hydrogen (secondary N) is 1. The van der Waals surface area contributed by atoms with Gasteiger partial charge in [-0.05, 0) is 42.0 Å². The molecule has 0 saturated heterocycles. The van der Waals surface area contributed by atoms with Gasteiger partial charge < -0.3 is 4.74 Å². The van der Waals surface area contributed by atoms with Crippen LogP contribution in [0.15, 0.2) is 59.7 Å². The normalized spacial score (nSPS) is 11.3. The number of ether oxygens (including phenoxy) is 1. The number of aromatic nitrogens is 3. The Bertz CT molecular complexity index is 888. The fraction of sp³-hybridized carbons (Fsp3) is 0.0625. The minimum absolute atomic E-state index is 0.0715. The first-order chi connectivity index (χ1) is 11.6. The fourth-order valence-corrected chi connectivity index (χ4v) is 2.21. The Hall–Kier alpha value is -2.87. The van der Waals surface area contributed by atoms with Crippen LogP contribution in [-0.4, -0.2) is 27.7 Å². The van der Waals surface area contributed by atoms with Gasteiger partial charge in [-0.3, -0.25) is 0 Å². The van der Waals surface area contributed by atoms with Gasteiger partial charge in [0.05, 0.1) is 6.21 Å². The molecule has 0 bridgehead atoms. The molecule has 0 aliphatic heterocycles. The number of benzene rings is 2. The first-order valence-corrected chi connectivity index (χ1v) is 7.36. The van der Waals surface area contributed by atoms with Crippen LogP contribution in [0.25, 0.3) is 11.4 Å². The van der Waals surface area contributed by atoms with Crippen molar-refractivity contribution in [3.05, 3.63) is 64.9 Å². The summed E-state index contributed by atoms with van der Waals surface area (Å²) in [5.41, 5.74) is 1.57. The molecule has 2 aromatic carbocycles. The SMILES string of the molecule is FC(F)Oc1ccc(-c2n[nH]c(=S)n2N=Cc2ccccc2)cc1. The van der Waals surface area contributed by atoms with E-state index in [1.807, 2.05) is 30.3 Å². The molecule has 24 heavy (non-hydrogen) atoms. The van der Waals surface area contributed by atoms with Gasteiger partial charge in [0.15, 0.2) is 5.82 Å². The molecule has 0 unspecified atom stereocenters. The summed E-state index contributed by atoms with van der Waals surface area (Å²) in [5.74, 6) is 0.540. The Morgan fingerprint density at radius 3 is 2.50 bits per heavy atom. The number of rotatable bonds is 5. The number of hydrogen-bond donors (Lipinski definition) is 1. The summed E-state index contributed by atoms with van der Waals surface area (Å²) in [6.07, 6.45) is 1.66. The van der Waals surface area contributed by atoms with Crippen LogP contribution < -0.4 is 4.74 Å². The second-order valence-electron chi connectivity index (χ2n) is 4.72. The van der Waals surface area contributed by atoms with Crippen molar-refractivity contribution in [2.24, 2.45) is 5.10 Å². The largest absolute Gasteiger partial charge is 0.435 e. The molecule has 0 fully saturated rings. The molecule has 0 aliphatic rings. The lowest BCUT2D eigenvalue weighted by Crippen LogP contribution is -2.01. The lowest BCUT2D eigenvalue weighted by molar-refractivity contribution is -0.0498. The molecule has 1 N–H and O–H groups in total. The van der Waals surface area contributed by atoms with Crippen LogP contribution in [0.3, 0.4) is 0 Å². The summed E-state index contributed by atoms with van der Waals surface area (Å²) in [6, 6.07) is 15.6. The molecule has 0 amide bonds. The lowest BCUT2D eigenvalue weighted by Gasteiger charge is -2.05. The van der Waals surface area contributed by atoms with Gasteiger partial charge in [-0.2, -0.15) is 23.7 Å². The smallest absolute Gasteiger partial charge is 0.387 e. The van der Waals surface area contributed by atoms with Gasteiger partial charge in [-0.1, -0.05) is 30.3 Å². The highest BCUT2D eigenvalue weighted by molar-refractivity contribution is 7.71. The Balaban J connectivity index is 1.90. The van der Waals surface area contributed by atoms with E-state index in [4.69, 9.17) is 12.2 Å². The quantitative estimate of drug-likeness (QED) is 0.559. The van der Waals surface area contributed by atoms with Crippen LogP contribution in [0.4, 0.5) is 8.78 Å². The van der Waals surface area contributed by atoms with E-state index in [1.54, 1.807) is 18.3 Å². The molecule has 3 rings (SSSR count). The summed E-state index contributed by atoms with van der Waals surface area (Å²) in [6.45, 7) is -2.86. The lowest BCUT2D eigenvalue weighted by atomic mass is 10.2. The molecule has 0 radical (unpaired) electrons. The van der Waals surface area contributed by atoms with Crippen molar-refractivity contribution >= 4 is 18.4 Å². The zero-order chi connectivity index (χ0) is 16.9. The molecule has 0 spiro atoms. The fourth-order valence-electron chi connectivity index (χ4n) is 2.03. The highest BCUT2D eigenvalue weighted by Gasteiger charge is 2.09. The van der Waals surface area contributed by atoms with Crippen LogP contribution >= 0.6 is 12.2 Å². The van der Waals surface area contributed by atoms with Gasteiger partial charge in [0.2, 0.25) is 4.77 Å². The van der Waals surface area contributed by atoms with E-state index in [2.05, 4.69) is 20.0 Å². The summed E-state index contributed by atoms with van der Waals surface area (Å²) in [5, 5.41) is 11.1. The third-order valence-corrected chi connectivity index (χ3v) is 3.37. The van der Waals surface area contributed by atoms with Crippen molar-refractivity contribution in [1.29, 1.82) is 0 Å². The van der Waals surface area contributed by atoms with E-state index in [0.29, 0.717) is 16.2 Å². The van der Waals surface area contributed by atoms with Crippen LogP contribution in [0, 0.1) is 4.77 Å². The summed E-state index contributed by atoms with van der Waals surface area (Å²) >= 11 is 5.18. The number of halogens is 2. The highest BCUT2D eigenvalue weighted by atomic mass is 32.1. The third kappa shape index (κ3) is 3.72. The van der Waals surface area contributed by atoms with Crippen molar-refractivity contribution in [2.45, 2.75) is 6.61 Å². The van der Waals surface area contributed by atoms with Gasteiger partial charge in [-0.15, -0.1) is 0 Å². The Morgan fingerprint density at radius 2 is 1.83 bits per heavy atom. The van der Waals surface area contributed by atoms with E-state index < -0.39 is 6.61 Å². The van der Waals surface area contributed by atoms with Crippen molar-refractivity contribution < 1.29 is 13.5 Å². The van der Waals surface area contributed by atoms with E-state index in [1.165, 1.54) is 16.8 Å². The zero-order valence-electron chi connectivity index (χ0n) is 12.3. The molecule has 1 heterocycles. The van der Waals surface area contributed by atoms with Crippen LogP contribution in [0.1, 0.15) is 5.56 Å². The van der Waals surface area contributed by atoms with Crippen molar-refractivity contribution in [3.63, 3.8) is 0 Å². The Kier molecular flexibility index (Phi) is 4.76. The van der Waals surface area contributed by atoms with Crippen molar-refractivity contribution in [2.75, 3.05) is 0 Å². The molecule has 1 aromatic heterocycles. The first kappa shape index (κ1) is 16.0. The molecule has 5 nitrogen and oxygen atoms in total. The van der Waals surface area contributed by atoms with Crippen LogP contribution in [0.5, 0.6) is 5.75 Å². The molecule has 8 heteroatoms. The highest BCUT2D eigenvalue weighted by Crippen LogP contribution is 2.22. The number of alkyl halides is 2. The maximum absolute atomic E-state index is 12.2. The molecule has 0 aliphatic carbocycles. The second-order valence-corrected chi connectivity index (χ2v) is 5.11. The van der Waals surface area contributed by atoms with Gasteiger partial charge in [0.1, 0.15) is 5.75 Å². The van der Waals surface area contributed by atoms with Gasteiger partial charge in [0, 0.05) is 5.56 Å². The first-order valence-electron chi connectivity index (χ1n) is 6.95. The zero-order valence-corrected chi connectivity index (χ0v) is 13.1. The second kappa shape index (κ2) is 7.14. The number of aromatic amines is 1. The van der Waals surface area contributed by atoms with E-state index in [9.17, 15) is 8.78 Å². The average molecular weight is 346 g/mol. The standard InChI is InChI=1S/C16H12F2N4OS/c17-15(18)23-13-8-6-12(7-9-13)14-20-21-16(24)22(14)19-10-11-4-2-1-3-5-11/h1-10,15H,(H,21,24). The predicted molar refractivity (Wildman–Crippen MR) is 88.9 cm³/mol. The maximum atomic E-state index is 12.2. The minimum atomic E-state index is -2.86. The number of H-pyrrole nitrogens is 1. The average Bonchev–Trinajstić information content (AvgIpc) is 2.95. The molecular weight excluding hydrogens is 334 g/mol. The monoisotopic (exact) mass is 346 g/mol. The van der Waals surface area contributed by atoms with E-state index in [0.717, 1.165) is 5.56 Å². The van der Waals surface area contributed by atoms with Crippen molar-refractivity contribution in [1.82, 2.24) is 14.9 Å². The Morgan fingerprint density at radius 1 is 1.12 bits per heavy atom. The van der Waals surface area contributed by atoms with Crippen molar-refractivity contribution in [3.8, 4) is 17.1 Å².